The Morgan fingerprint density at radius 2 is 2.08 bits per heavy atom. The highest BCUT2D eigenvalue weighted by atomic mass is 15.2. The lowest BCUT2D eigenvalue weighted by molar-refractivity contribution is 0.209. The lowest BCUT2D eigenvalue weighted by Gasteiger charge is -2.27. The van der Waals surface area contributed by atoms with Crippen molar-refractivity contribution in [3.05, 3.63) is 0 Å². The number of nitriles is 1. The minimum Gasteiger partial charge on any atom is -0.329 e. The van der Waals surface area contributed by atoms with Gasteiger partial charge in [0.05, 0.1) is 12.0 Å². The van der Waals surface area contributed by atoms with Gasteiger partial charge in [-0.2, -0.15) is 5.26 Å². The normalized spacial score (nSPS) is 15.7. The largest absolute Gasteiger partial charge is 0.329 e. The predicted octanol–water partition coefficient (Wildman–Crippen LogP) is 0.815. The van der Waals surface area contributed by atoms with E-state index in [-0.39, 0.29) is 5.92 Å². The summed E-state index contributed by atoms with van der Waals surface area (Å²) in [4.78, 5) is 2.23. The zero-order chi connectivity index (χ0) is 9.56. The lowest BCUT2D eigenvalue weighted by atomic mass is 10.1. The van der Waals surface area contributed by atoms with E-state index in [4.69, 9.17) is 11.0 Å². The molecule has 0 amide bonds. The zero-order valence-corrected chi connectivity index (χ0v) is 8.25. The Labute approximate surface area is 75.2 Å². The van der Waals surface area contributed by atoms with E-state index in [2.05, 4.69) is 24.8 Å². The molecule has 0 saturated heterocycles. The van der Waals surface area contributed by atoms with Crippen LogP contribution in [0, 0.1) is 17.2 Å². The molecule has 0 rings (SSSR count). The average molecular weight is 169 g/mol. The molecule has 3 heteroatoms. The molecule has 0 bridgehead atoms. The van der Waals surface area contributed by atoms with Crippen LogP contribution in [0.5, 0.6) is 0 Å². The molecule has 0 aromatic heterocycles. The molecule has 0 aliphatic rings. The summed E-state index contributed by atoms with van der Waals surface area (Å²) in [6, 6.07) is 2.61. The molecular formula is C9H19N3. The van der Waals surface area contributed by atoms with Gasteiger partial charge in [0.1, 0.15) is 0 Å². The van der Waals surface area contributed by atoms with Gasteiger partial charge in [0, 0.05) is 19.1 Å². The van der Waals surface area contributed by atoms with Gasteiger partial charge < -0.3 is 5.73 Å². The number of rotatable bonds is 5. The van der Waals surface area contributed by atoms with Crippen LogP contribution in [0.4, 0.5) is 0 Å². The Bertz CT molecular complexity index is 150. The van der Waals surface area contributed by atoms with Gasteiger partial charge in [-0.15, -0.1) is 0 Å². The third-order valence-corrected chi connectivity index (χ3v) is 2.10. The predicted molar refractivity (Wildman–Crippen MR) is 50.5 cm³/mol. The van der Waals surface area contributed by atoms with E-state index in [1.54, 1.807) is 0 Å². The van der Waals surface area contributed by atoms with Crippen LogP contribution in [0.15, 0.2) is 0 Å². The molecule has 0 radical (unpaired) electrons. The molecule has 70 valence electrons. The fourth-order valence-corrected chi connectivity index (χ4v) is 1.16. The van der Waals surface area contributed by atoms with Crippen LogP contribution in [-0.2, 0) is 0 Å². The average Bonchev–Trinajstić information content (AvgIpc) is 2.12. The SMILES string of the molecule is CCN(CC(C)C#N)C(C)CN. The topological polar surface area (TPSA) is 53.0 Å². The molecule has 12 heavy (non-hydrogen) atoms. The summed E-state index contributed by atoms with van der Waals surface area (Å²) in [5, 5.41) is 8.63. The van der Waals surface area contributed by atoms with E-state index in [1.807, 2.05) is 6.92 Å². The number of likely N-dealkylation sites (N-methyl/N-ethyl adjacent to an activating group) is 1. The molecule has 0 aliphatic carbocycles. The maximum Gasteiger partial charge on any atom is 0.0666 e. The molecule has 0 saturated carbocycles. The minimum absolute atomic E-state index is 0.0962. The Hall–Kier alpha value is -0.590. The van der Waals surface area contributed by atoms with Crippen molar-refractivity contribution < 1.29 is 0 Å². The van der Waals surface area contributed by atoms with Gasteiger partial charge in [-0.1, -0.05) is 6.92 Å². The van der Waals surface area contributed by atoms with Gasteiger partial charge in [-0.25, -0.2) is 0 Å². The molecule has 2 unspecified atom stereocenters. The van der Waals surface area contributed by atoms with Gasteiger partial charge >= 0.3 is 0 Å². The first-order valence-corrected chi connectivity index (χ1v) is 4.49. The van der Waals surface area contributed by atoms with Crippen LogP contribution in [-0.4, -0.2) is 30.6 Å². The standard InChI is InChI=1S/C9H19N3/c1-4-12(9(3)6-11)7-8(2)5-10/h8-9H,4,6-7,11H2,1-3H3. The van der Waals surface area contributed by atoms with Gasteiger partial charge in [0.15, 0.2) is 0 Å². The molecule has 0 aliphatic heterocycles. The van der Waals surface area contributed by atoms with E-state index < -0.39 is 0 Å². The monoisotopic (exact) mass is 169 g/mol. The minimum atomic E-state index is 0.0962. The number of hydrogen-bond acceptors (Lipinski definition) is 3. The number of nitrogens with two attached hydrogens (primary N) is 1. The second-order valence-corrected chi connectivity index (χ2v) is 3.20. The van der Waals surface area contributed by atoms with Crippen molar-refractivity contribution in [1.82, 2.24) is 4.90 Å². The Morgan fingerprint density at radius 3 is 2.42 bits per heavy atom. The van der Waals surface area contributed by atoms with Crippen molar-refractivity contribution in [2.75, 3.05) is 19.6 Å². The van der Waals surface area contributed by atoms with Gasteiger partial charge in [-0.05, 0) is 20.4 Å². The zero-order valence-electron chi connectivity index (χ0n) is 8.25. The van der Waals surface area contributed by atoms with Crippen molar-refractivity contribution in [3.8, 4) is 6.07 Å². The van der Waals surface area contributed by atoms with Gasteiger partial charge in [0.25, 0.3) is 0 Å². The van der Waals surface area contributed by atoms with Gasteiger partial charge in [-0.3, -0.25) is 4.90 Å². The van der Waals surface area contributed by atoms with Crippen molar-refractivity contribution in [1.29, 1.82) is 5.26 Å². The maximum absolute atomic E-state index is 8.63. The molecule has 3 nitrogen and oxygen atoms in total. The second-order valence-electron chi connectivity index (χ2n) is 3.20. The van der Waals surface area contributed by atoms with Crippen LogP contribution in [0.3, 0.4) is 0 Å². The fourth-order valence-electron chi connectivity index (χ4n) is 1.16. The van der Waals surface area contributed by atoms with Gasteiger partial charge in [0.2, 0.25) is 0 Å². The third kappa shape index (κ3) is 3.70. The Morgan fingerprint density at radius 1 is 1.50 bits per heavy atom. The van der Waals surface area contributed by atoms with E-state index in [1.165, 1.54) is 0 Å². The molecule has 0 aromatic rings. The fraction of sp³-hybridized carbons (Fsp3) is 0.889. The van der Waals surface area contributed by atoms with Crippen molar-refractivity contribution in [2.45, 2.75) is 26.8 Å². The highest BCUT2D eigenvalue weighted by Gasteiger charge is 2.12. The summed E-state index contributed by atoms with van der Waals surface area (Å²) in [6.45, 7) is 8.57. The van der Waals surface area contributed by atoms with Crippen LogP contribution in [0.1, 0.15) is 20.8 Å². The van der Waals surface area contributed by atoms with Crippen LogP contribution in [0.25, 0.3) is 0 Å². The Balaban J connectivity index is 3.92. The van der Waals surface area contributed by atoms with Crippen LogP contribution in [0.2, 0.25) is 0 Å². The smallest absolute Gasteiger partial charge is 0.0666 e. The summed E-state index contributed by atoms with van der Waals surface area (Å²) < 4.78 is 0. The summed E-state index contributed by atoms with van der Waals surface area (Å²) >= 11 is 0. The number of nitrogens with zero attached hydrogens (tertiary/aromatic N) is 2. The van der Waals surface area contributed by atoms with E-state index in [0.29, 0.717) is 12.6 Å². The van der Waals surface area contributed by atoms with E-state index in [9.17, 15) is 0 Å². The highest BCUT2D eigenvalue weighted by molar-refractivity contribution is 4.82. The van der Waals surface area contributed by atoms with Crippen LogP contribution >= 0.6 is 0 Å². The first-order valence-electron chi connectivity index (χ1n) is 4.49. The summed E-state index contributed by atoms with van der Waals surface area (Å²) in [5.74, 6) is 0.0962. The van der Waals surface area contributed by atoms with Crippen molar-refractivity contribution in [3.63, 3.8) is 0 Å². The first kappa shape index (κ1) is 11.4. The molecule has 0 spiro atoms. The summed E-state index contributed by atoms with van der Waals surface area (Å²) in [6.07, 6.45) is 0. The third-order valence-electron chi connectivity index (χ3n) is 2.10. The molecule has 0 fully saturated rings. The first-order chi connectivity index (χ1) is 5.65. The van der Waals surface area contributed by atoms with E-state index in [0.717, 1.165) is 13.1 Å². The molecule has 2 atom stereocenters. The second kappa shape index (κ2) is 5.99. The lowest BCUT2D eigenvalue weighted by Crippen LogP contribution is -2.40. The quantitative estimate of drug-likeness (QED) is 0.662. The highest BCUT2D eigenvalue weighted by Crippen LogP contribution is 2.02. The summed E-state index contributed by atoms with van der Waals surface area (Å²) in [5.41, 5.74) is 5.54. The maximum atomic E-state index is 8.63. The van der Waals surface area contributed by atoms with Crippen molar-refractivity contribution >= 4 is 0 Å². The molecule has 2 N–H and O–H groups in total. The van der Waals surface area contributed by atoms with E-state index >= 15 is 0 Å². The Kier molecular flexibility index (Phi) is 5.69. The molecule has 0 heterocycles. The number of hydrogen-bond donors (Lipinski definition) is 1. The van der Waals surface area contributed by atoms with Crippen LogP contribution < -0.4 is 5.73 Å². The molecular weight excluding hydrogens is 150 g/mol. The molecule has 0 aromatic carbocycles. The van der Waals surface area contributed by atoms with Crippen molar-refractivity contribution in [2.24, 2.45) is 11.7 Å². The summed E-state index contributed by atoms with van der Waals surface area (Å²) in [7, 11) is 0.